The first-order chi connectivity index (χ1) is 26.3. The second kappa shape index (κ2) is 13.3. The van der Waals surface area contributed by atoms with Crippen LogP contribution in [0.5, 0.6) is 17.2 Å². The van der Waals surface area contributed by atoms with Gasteiger partial charge in [0.1, 0.15) is 10.6 Å². The van der Waals surface area contributed by atoms with Gasteiger partial charge in [0.2, 0.25) is 15.9 Å². The maximum absolute atomic E-state index is 15.0. The third-order valence-corrected chi connectivity index (χ3v) is 14.1. The number of amides is 2. The minimum atomic E-state index is -4.25. The summed E-state index contributed by atoms with van der Waals surface area (Å²) < 4.78 is 54.0. The number of nitrogens with one attached hydrogen (secondary N) is 1. The third-order valence-electron chi connectivity index (χ3n) is 12.3. The van der Waals surface area contributed by atoms with Gasteiger partial charge in [0.15, 0.2) is 11.5 Å². The van der Waals surface area contributed by atoms with Gasteiger partial charge in [0.25, 0.3) is 5.91 Å². The van der Waals surface area contributed by atoms with Crippen LogP contribution in [0.1, 0.15) is 52.7 Å². The summed E-state index contributed by atoms with van der Waals surface area (Å²) in [6.45, 7) is 0.197. The molecular formula is C42H45N3O9S. The molecule has 288 valence electrons. The molecule has 2 bridgehead atoms. The van der Waals surface area contributed by atoms with Gasteiger partial charge in [-0.1, -0.05) is 24.3 Å². The van der Waals surface area contributed by atoms with Crippen molar-refractivity contribution in [3.05, 3.63) is 102 Å². The molecule has 2 heterocycles. The molecule has 5 unspecified atom stereocenters. The molecule has 1 aromatic heterocycles. The largest absolute Gasteiger partial charge is 0.495 e. The van der Waals surface area contributed by atoms with E-state index >= 15 is 8.42 Å². The number of furan rings is 1. The van der Waals surface area contributed by atoms with Crippen LogP contribution in [-0.4, -0.2) is 94.2 Å². The van der Waals surface area contributed by atoms with Crippen molar-refractivity contribution in [3.63, 3.8) is 0 Å². The molecule has 3 aliphatic carbocycles. The van der Waals surface area contributed by atoms with Crippen LogP contribution in [0.4, 0.5) is 0 Å². The third kappa shape index (κ3) is 5.57. The zero-order valence-electron chi connectivity index (χ0n) is 31.5. The summed E-state index contributed by atoms with van der Waals surface area (Å²) in [6.07, 6.45) is 8.33. The van der Waals surface area contributed by atoms with Crippen molar-refractivity contribution in [2.24, 2.45) is 5.41 Å². The maximum atomic E-state index is 15.0. The molecule has 4 aliphatic rings. The van der Waals surface area contributed by atoms with Gasteiger partial charge in [-0.3, -0.25) is 9.59 Å². The maximum Gasteiger partial charge on any atom is 0.253 e. The Kier molecular flexibility index (Phi) is 8.90. The Morgan fingerprint density at radius 1 is 1.00 bits per heavy atom. The quantitative estimate of drug-likeness (QED) is 0.212. The average Bonchev–Trinajstić information content (AvgIpc) is 3.74. The summed E-state index contributed by atoms with van der Waals surface area (Å²) >= 11 is 0. The topological polar surface area (TPSA) is 148 Å². The zero-order chi connectivity index (χ0) is 38.9. The van der Waals surface area contributed by atoms with Gasteiger partial charge in [-0.2, -0.15) is 4.31 Å². The van der Waals surface area contributed by atoms with Gasteiger partial charge in [-0.25, -0.2) is 8.42 Å². The lowest BCUT2D eigenvalue weighted by atomic mass is 9.57. The monoisotopic (exact) mass is 767 g/mol. The van der Waals surface area contributed by atoms with Crippen LogP contribution in [0.25, 0.3) is 17.2 Å². The molecule has 2 amide bonds. The minimum Gasteiger partial charge on any atom is -0.495 e. The number of nitrogens with zero attached hydrogens (tertiary/aromatic N) is 2. The second-order valence-electron chi connectivity index (χ2n) is 15.5. The molecule has 12 nitrogen and oxygen atoms in total. The lowest BCUT2D eigenvalue weighted by Gasteiger charge is -2.57. The number of methoxy groups -OCH3 is 3. The van der Waals surface area contributed by atoms with E-state index in [1.807, 2.05) is 18.2 Å². The summed E-state index contributed by atoms with van der Waals surface area (Å²) in [6, 6.07) is 16.6. The number of hydrogen-bond acceptors (Lipinski definition) is 9. The molecule has 3 fully saturated rings. The molecule has 2 N–H and O–H groups in total. The van der Waals surface area contributed by atoms with Crippen LogP contribution in [0.3, 0.4) is 0 Å². The highest BCUT2D eigenvalue weighted by Gasteiger charge is 2.80. The number of aliphatic hydroxyl groups is 1. The second-order valence-corrected chi connectivity index (χ2v) is 17.4. The molecule has 1 saturated heterocycles. The van der Waals surface area contributed by atoms with E-state index in [2.05, 4.69) is 5.32 Å². The van der Waals surface area contributed by atoms with E-state index in [4.69, 9.17) is 18.6 Å². The van der Waals surface area contributed by atoms with Crippen molar-refractivity contribution in [1.29, 1.82) is 0 Å². The number of rotatable bonds is 10. The van der Waals surface area contributed by atoms with E-state index < -0.39 is 32.5 Å². The van der Waals surface area contributed by atoms with Crippen molar-refractivity contribution in [2.45, 2.75) is 60.1 Å². The van der Waals surface area contributed by atoms with E-state index in [0.717, 1.165) is 16.7 Å². The Hall–Kier alpha value is -5.11. The highest BCUT2D eigenvalue weighted by atomic mass is 32.2. The molecule has 2 spiro atoms. The summed E-state index contributed by atoms with van der Waals surface area (Å²) in [5, 5.41) is 16.5. The number of carbonyl (C=O) groups excluding carboxylic acids is 2. The lowest BCUT2D eigenvalue weighted by molar-refractivity contribution is -0.129. The number of sulfonamides is 1. The summed E-state index contributed by atoms with van der Waals surface area (Å²) in [5.74, 6) is 0.770. The smallest absolute Gasteiger partial charge is 0.253 e. The highest BCUT2D eigenvalue weighted by Crippen LogP contribution is 2.73. The van der Waals surface area contributed by atoms with Crippen molar-refractivity contribution < 1.29 is 41.7 Å². The standard InChI is InChI=1S/C42H45N3O9S/c1-44(2)38(47)29-8-6-7-27(19-29)28-10-12-32(51-3)34(20-28)55(49,50)45-25-40-21-30-11-13-33(52-4)37(53-5)36(30)41(24-40)22-31(15-17-42(41,48)39(40)45)43-35(46)14-9-26-16-18-54-23-26/h6-14,16,18-20,23,31,39,48H,15,17,21-22,24-25H2,1-5H3,(H,43,46)/b14-9+. The van der Waals surface area contributed by atoms with Crippen LogP contribution in [0, 0.1) is 5.41 Å². The van der Waals surface area contributed by atoms with Gasteiger partial charge in [-0.15, -0.1) is 0 Å². The molecule has 55 heavy (non-hydrogen) atoms. The summed E-state index contributed by atoms with van der Waals surface area (Å²) in [4.78, 5) is 27.5. The molecule has 0 radical (unpaired) electrons. The van der Waals surface area contributed by atoms with Crippen molar-refractivity contribution >= 4 is 27.9 Å². The molecule has 8 rings (SSSR count). The Morgan fingerprint density at radius 3 is 2.47 bits per heavy atom. The molecule has 3 aromatic carbocycles. The predicted octanol–water partition coefficient (Wildman–Crippen LogP) is 5.04. The van der Waals surface area contributed by atoms with Gasteiger partial charge in [0, 0.05) is 60.3 Å². The Morgan fingerprint density at radius 2 is 1.76 bits per heavy atom. The number of carbonyl (C=O) groups is 2. The van der Waals surface area contributed by atoms with Crippen molar-refractivity contribution in [3.8, 4) is 28.4 Å². The first-order valence-corrected chi connectivity index (χ1v) is 19.7. The first kappa shape index (κ1) is 36.8. The number of ether oxygens (including phenoxy) is 3. The van der Waals surface area contributed by atoms with Crippen molar-refractivity contribution in [2.75, 3.05) is 42.0 Å². The molecule has 5 atom stereocenters. The average molecular weight is 768 g/mol. The van der Waals surface area contributed by atoms with E-state index in [1.165, 1.54) is 28.7 Å². The molecule has 4 aromatic rings. The van der Waals surface area contributed by atoms with E-state index in [1.54, 1.807) is 83.1 Å². The van der Waals surface area contributed by atoms with Crippen LogP contribution >= 0.6 is 0 Å². The van der Waals surface area contributed by atoms with Crippen LogP contribution < -0.4 is 19.5 Å². The lowest BCUT2D eigenvalue weighted by Crippen LogP contribution is -2.72. The first-order valence-electron chi connectivity index (χ1n) is 18.3. The van der Waals surface area contributed by atoms with Crippen molar-refractivity contribution in [1.82, 2.24) is 14.5 Å². The summed E-state index contributed by atoms with van der Waals surface area (Å²) in [5.41, 5.74) is 1.26. The minimum absolute atomic E-state index is 0.0205. The highest BCUT2D eigenvalue weighted by molar-refractivity contribution is 7.89. The Bertz CT molecular complexity index is 2320. The predicted molar refractivity (Wildman–Crippen MR) is 205 cm³/mol. The Labute approximate surface area is 320 Å². The fourth-order valence-corrected chi connectivity index (χ4v) is 12.2. The molecule has 13 heteroatoms. The van der Waals surface area contributed by atoms with E-state index in [0.29, 0.717) is 53.9 Å². The number of hydrogen-bond donors (Lipinski definition) is 2. The van der Waals surface area contributed by atoms with Gasteiger partial charge in [0.05, 0.1) is 45.5 Å². The molecular weight excluding hydrogens is 723 g/mol. The number of fused-ring (bicyclic) bond motifs is 2. The Balaban J connectivity index is 1.19. The van der Waals surface area contributed by atoms with Crippen LogP contribution in [0.15, 0.2) is 88.6 Å². The van der Waals surface area contributed by atoms with E-state index in [9.17, 15) is 14.7 Å². The van der Waals surface area contributed by atoms with Gasteiger partial charge >= 0.3 is 0 Å². The summed E-state index contributed by atoms with van der Waals surface area (Å²) in [7, 11) is 3.68. The van der Waals surface area contributed by atoms with Gasteiger partial charge < -0.3 is 34.0 Å². The molecule has 2 saturated carbocycles. The van der Waals surface area contributed by atoms with Crippen LogP contribution in [-0.2, 0) is 26.7 Å². The normalized spacial score (nSPS) is 26.7. The molecule has 1 aliphatic heterocycles. The fourth-order valence-electron chi connectivity index (χ4n) is 10.2. The zero-order valence-corrected chi connectivity index (χ0v) is 32.3. The number of benzene rings is 3. The van der Waals surface area contributed by atoms with Crippen LogP contribution in [0.2, 0.25) is 0 Å². The fraction of sp³-hybridized carbons (Fsp3) is 0.381. The van der Waals surface area contributed by atoms with Gasteiger partial charge in [-0.05, 0) is 91.3 Å². The van der Waals surface area contributed by atoms with E-state index in [-0.39, 0.29) is 41.5 Å². The SMILES string of the molecule is COc1ccc(-c2cccc(C(=O)N(C)C)c2)cc1S(=O)(=O)N1CC23Cc4ccc(OC)c(OC)c4C4(CC(NC(=O)/C=C/c5ccoc5)CCC4(O)C12)C3.